The smallest absolute Gasteiger partial charge is 0.296 e. The van der Waals surface area contributed by atoms with Gasteiger partial charge in [-0.15, -0.1) is 0 Å². The fourth-order valence-corrected chi connectivity index (χ4v) is 0.330. The molecular formula is C6H10O3. The largest absolute Gasteiger partial charge is 0.365 e. The Morgan fingerprint density at radius 2 is 2.33 bits per heavy atom. The van der Waals surface area contributed by atoms with Crippen LogP contribution in [0.25, 0.3) is 0 Å². The molecule has 3 nitrogen and oxygen atoms in total. The van der Waals surface area contributed by atoms with Gasteiger partial charge in [0.05, 0.1) is 0 Å². The second kappa shape index (κ2) is 4.09. The molecule has 0 aromatic rings. The highest BCUT2D eigenvalue weighted by molar-refractivity contribution is 5.81. The summed E-state index contributed by atoms with van der Waals surface area (Å²) in [4.78, 5) is 13.6. The minimum Gasteiger partial charge on any atom is -0.296 e. The van der Waals surface area contributed by atoms with Crippen LogP contribution in [-0.2, 0) is 9.68 Å². The maximum atomic E-state index is 10.2. The van der Waals surface area contributed by atoms with Gasteiger partial charge in [0.15, 0.2) is 0 Å². The Morgan fingerprint density at radius 3 is 2.67 bits per heavy atom. The molecule has 0 saturated heterocycles. The quantitative estimate of drug-likeness (QED) is 0.348. The molecule has 0 saturated carbocycles. The average molecular weight is 130 g/mol. The molecule has 0 atom stereocenters. The van der Waals surface area contributed by atoms with Crippen molar-refractivity contribution in [1.29, 1.82) is 0 Å². The summed E-state index contributed by atoms with van der Waals surface area (Å²) >= 11 is 0. The minimum absolute atomic E-state index is 0.714. The summed E-state index contributed by atoms with van der Waals surface area (Å²) in [6, 6.07) is 0. The van der Waals surface area contributed by atoms with E-state index in [-0.39, 0.29) is 0 Å². The third-order valence-electron chi connectivity index (χ3n) is 1.01. The van der Waals surface area contributed by atoms with Crippen molar-refractivity contribution in [1.82, 2.24) is 0 Å². The van der Waals surface area contributed by atoms with E-state index in [1.54, 1.807) is 6.92 Å². The van der Waals surface area contributed by atoms with Crippen molar-refractivity contribution in [3.63, 3.8) is 0 Å². The molecule has 9 heavy (non-hydrogen) atoms. The number of carbonyl (C=O) groups is 1. The second-order valence-corrected chi connectivity index (χ2v) is 1.75. The van der Waals surface area contributed by atoms with Crippen molar-refractivity contribution < 1.29 is 14.9 Å². The van der Waals surface area contributed by atoms with Gasteiger partial charge in [0, 0.05) is 6.08 Å². The fourth-order valence-electron chi connectivity index (χ4n) is 0.330. The van der Waals surface area contributed by atoms with Gasteiger partial charge < -0.3 is 0 Å². The lowest BCUT2D eigenvalue weighted by atomic mass is 10.2. The van der Waals surface area contributed by atoms with Crippen molar-refractivity contribution in [3.05, 3.63) is 11.6 Å². The molecule has 0 aliphatic heterocycles. The van der Waals surface area contributed by atoms with Gasteiger partial charge in [0.25, 0.3) is 0 Å². The molecule has 0 spiro atoms. The molecule has 1 N–H and O–H groups in total. The van der Waals surface area contributed by atoms with Gasteiger partial charge >= 0.3 is 5.97 Å². The Labute approximate surface area is 53.9 Å². The van der Waals surface area contributed by atoms with Crippen molar-refractivity contribution in [2.45, 2.75) is 20.3 Å². The van der Waals surface area contributed by atoms with Crippen LogP contribution in [0.4, 0.5) is 0 Å². The third-order valence-corrected chi connectivity index (χ3v) is 1.01. The Kier molecular flexibility index (Phi) is 3.71. The first-order valence-electron chi connectivity index (χ1n) is 2.73. The summed E-state index contributed by atoms with van der Waals surface area (Å²) in [5.41, 5.74) is 0.883. The number of hydrogen-bond donors (Lipinski definition) is 1. The van der Waals surface area contributed by atoms with Crippen LogP contribution in [0.3, 0.4) is 0 Å². The van der Waals surface area contributed by atoms with Gasteiger partial charge in [-0.1, -0.05) is 12.5 Å². The molecule has 0 fully saturated rings. The zero-order valence-corrected chi connectivity index (χ0v) is 5.55. The van der Waals surface area contributed by atoms with Gasteiger partial charge in [-0.2, -0.15) is 5.26 Å². The molecule has 0 bridgehead atoms. The Balaban J connectivity index is 3.79. The van der Waals surface area contributed by atoms with E-state index in [1.807, 2.05) is 6.92 Å². The monoisotopic (exact) mass is 130 g/mol. The standard InChI is InChI=1S/C6H10O3/c1-3-5(2)4-6(7)9-8/h4,8H,3H2,1-2H3. The van der Waals surface area contributed by atoms with Crippen molar-refractivity contribution in [2.24, 2.45) is 0 Å². The molecule has 52 valence electrons. The van der Waals surface area contributed by atoms with Crippen molar-refractivity contribution in [2.75, 3.05) is 0 Å². The van der Waals surface area contributed by atoms with E-state index in [9.17, 15) is 4.79 Å². The van der Waals surface area contributed by atoms with Gasteiger partial charge in [-0.05, 0) is 13.3 Å². The molecule has 0 radical (unpaired) electrons. The van der Waals surface area contributed by atoms with Crippen LogP contribution in [-0.4, -0.2) is 11.2 Å². The van der Waals surface area contributed by atoms with Crippen molar-refractivity contribution in [3.8, 4) is 0 Å². The SMILES string of the molecule is CCC(C)=CC(=O)OO. The summed E-state index contributed by atoms with van der Waals surface area (Å²) in [6.07, 6.45) is 2.04. The predicted octanol–water partition coefficient (Wildman–Crippen LogP) is 1.36. The van der Waals surface area contributed by atoms with Crippen LogP contribution < -0.4 is 0 Å². The normalized spacial score (nSPS) is 11.2. The molecular weight excluding hydrogens is 120 g/mol. The van der Waals surface area contributed by atoms with E-state index in [2.05, 4.69) is 4.89 Å². The molecule has 0 amide bonds. The highest BCUT2D eigenvalue weighted by atomic mass is 17.1. The molecule has 0 aromatic heterocycles. The summed E-state index contributed by atoms with van der Waals surface area (Å²) < 4.78 is 0. The topological polar surface area (TPSA) is 46.5 Å². The highest BCUT2D eigenvalue weighted by Gasteiger charge is 1.94. The van der Waals surface area contributed by atoms with Gasteiger partial charge in [-0.3, -0.25) is 4.89 Å². The third kappa shape index (κ3) is 3.73. The minimum atomic E-state index is -0.714. The first-order valence-corrected chi connectivity index (χ1v) is 2.73. The summed E-state index contributed by atoms with van der Waals surface area (Å²) in [5, 5.41) is 7.79. The van der Waals surface area contributed by atoms with Gasteiger partial charge in [-0.25, -0.2) is 4.79 Å². The Bertz CT molecular complexity index is 126. The average Bonchev–Trinajstić information content (AvgIpc) is 1.87. The van der Waals surface area contributed by atoms with E-state index in [0.29, 0.717) is 0 Å². The molecule has 0 aliphatic carbocycles. The zero-order chi connectivity index (χ0) is 7.28. The van der Waals surface area contributed by atoms with Crippen LogP contribution in [0.15, 0.2) is 11.6 Å². The van der Waals surface area contributed by atoms with Gasteiger partial charge in [0.1, 0.15) is 0 Å². The Morgan fingerprint density at radius 1 is 1.78 bits per heavy atom. The Hall–Kier alpha value is -0.830. The second-order valence-electron chi connectivity index (χ2n) is 1.75. The van der Waals surface area contributed by atoms with Crippen LogP contribution in [0.5, 0.6) is 0 Å². The molecule has 0 rings (SSSR count). The van der Waals surface area contributed by atoms with E-state index in [1.165, 1.54) is 6.08 Å². The number of allylic oxidation sites excluding steroid dienone is 1. The van der Waals surface area contributed by atoms with E-state index in [4.69, 9.17) is 5.26 Å². The highest BCUT2D eigenvalue weighted by Crippen LogP contribution is 1.96. The summed E-state index contributed by atoms with van der Waals surface area (Å²) in [7, 11) is 0. The maximum absolute atomic E-state index is 10.2. The number of carbonyl (C=O) groups excluding carboxylic acids is 1. The van der Waals surface area contributed by atoms with Crippen molar-refractivity contribution >= 4 is 5.97 Å². The number of rotatable bonds is 2. The molecule has 0 unspecified atom stereocenters. The predicted molar refractivity (Wildman–Crippen MR) is 32.8 cm³/mol. The molecule has 0 aliphatic rings. The summed E-state index contributed by atoms with van der Waals surface area (Å²) in [5.74, 6) is -0.714. The lowest BCUT2D eigenvalue weighted by molar-refractivity contribution is -0.228. The van der Waals surface area contributed by atoms with E-state index >= 15 is 0 Å². The fraction of sp³-hybridized carbons (Fsp3) is 0.500. The number of hydrogen-bond acceptors (Lipinski definition) is 3. The first kappa shape index (κ1) is 8.17. The van der Waals surface area contributed by atoms with E-state index < -0.39 is 5.97 Å². The summed E-state index contributed by atoms with van der Waals surface area (Å²) in [6.45, 7) is 3.70. The van der Waals surface area contributed by atoms with Crippen LogP contribution in [0, 0.1) is 0 Å². The lowest BCUT2D eigenvalue weighted by Crippen LogP contribution is -1.95. The maximum Gasteiger partial charge on any atom is 0.365 e. The zero-order valence-electron chi connectivity index (χ0n) is 5.55. The van der Waals surface area contributed by atoms with Crippen LogP contribution in [0.2, 0.25) is 0 Å². The van der Waals surface area contributed by atoms with Gasteiger partial charge in [0.2, 0.25) is 0 Å². The lowest BCUT2D eigenvalue weighted by Gasteiger charge is -1.90. The van der Waals surface area contributed by atoms with Crippen LogP contribution in [0.1, 0.15) is 20.3 Å². The first-order chi connectivity index (χ1) is 4.20. The molecule has 0 heterocycles. The molecule has 0 aromatic carbocycles. The van der Waals surface area contributed by atoms with E-state index in [0.717, 1.165) is 12.0 Å². The van der Waals surface area contributed by atoms with Crippen LogP contribution >= 0.6 is 0 Å². The molecule has 3 heteroatoms.